The van der Waals surface area contributed by atoms with Crippen LogP contribution in [0, 0.1) is 0 Å². The zero-order valence-corrected chi connectivity index (χ0v) is 11.5. The summed E-state index contributed by atoms with van der Waals surface area (Å²) in [6, 6.07) is 0. The summed E-state index contributed by atoms with van der Waals surface area (Å²) in [5, 5.41) is 0. The minimum absolute atomic E-state index is 0.945. The maximum atomic E-state index is 5.99. The van der Waals surface area contributed by atoms with Gasteiger partial charge in [-0.1, -0.05) is 49.2 Å². The molecule has 0 aromatic heterocycles. The first kappa shape index (κ1) is 14.2. The predicted octanol–water partition coefficient (Wildman–Crippen LogP) is 4.59. The van der Waals surface area contributed by atoms with Crippen molar-refractivity contribution in [1.29, 1.82) is 0 Å². The van der Waals surface area contributed by atoms with Gasteiger partial charge in [0.05, 0.1) is 0 Å². The Morgan fingerprint density at radius 1 is 1.08 bits per heavy atom. The molecule has 0 saturated carbocycles. The Bertz CT molecular complexity index is 164. The van der Waals surface area contributed by atoms with Gasteiger partial charge < -0.3 is 0 Å². The van der Waals surface area contributed by atoms with Crippen LogP contribution < -0.4 is 0 Å². The number of halogens is 2. The molecule has 0 aliphatic heterocycles. The number of nitrogens with zero attached hydrogens (tertiary/aromatic N) is 1. The Morgan fingerprint density at radius 2 is 1.46 bits per heavy atom. The van der Waals surface area contributed by atoms with Gasteiger partial charge in [0.25, 0.3) is 0 Å². The summed E-state index contributed by atoms with van der Waals surface area (Å²) in [5.41, 5.74) is 0. The van der Waals surface area contributed by atoms with Gasteiger partial charge in [0.1, 0.15) is 0 Å². The first-order valence-corrected chi connectivity index (χ1v) is 9.33. The molecule has 0 rings (SSSR count). The van der Waals surface area contributed by atoms with E-state index in [-0.39, 0.29) is 0 Å². The second kappa shape index (κ2) is 7.48. The first-order chi connectivity index (χ1) is 6.02. The maximum absolute atomic E-state index is 5.99. The smallest absolute Gasteiger partial charge is 0.183 e. The van der Waals surface area contributed by atoms with Crippen LogP contribution in [-0.2, 0) is 11.8 Å². The van der Waals surface area contributed by atoms with E-state index in [2.05, 4.69) is 18.5 Å². The molecule has 0 amide bonds. The van der Waals surface area contributed by atoms with Crippen LogP contribution in [0.25, 0.3) is 0 Å². The van der Waals surface area contributed by atoms with Gasteiger partial charge in [0, 0.05) is 13.1 Å². The van der Waals surface area contributed by atoms with E-state index in [1.165, 1.54) is 0 Å². The second-order valence-electron chi connectivity index (χ2n) is 3.10. The molecule has 0 saturated heterocycles. The quantitative estimate of drug-likeness (QED) is 0.617. The van der Waals surface area contributed by atoms with Crippen molar-refractivity contribution < 1.29 is 0 Å². The van der Waals surface area contributed by atoms with Gasteiger partial charge in [-0.25, -0.2) is 0 Å². The summed E-state index contributed by atoms with van der Waals surface area (Å²) < 4.78 is 2.07. The third-order valence-corrected chi connectivity index (χ3v) is 4.90. The molecule has 1 nitrogen and oxygen atoms in total. The van der Waals surface area contributed by atoms with Gasteiger partial charge in [0.15, 0.2) is 4.89 Å². The fraction of sp³-hybridized carbons (Fsp3) is 1.00. The third kappa shape index (κ3) is 7.16. The molecule has 0 unspecified atom stereocenters. The molecular formula is C8H18Cl2NPS. The zero-order chi connectivity index (χ0) is 10.3. The molecule has 0 spiro atoms. The van der Waals surface area contributed by atoms with Gasteiger partial charge in [-0.15, -0.1) is 0 Å². The Labute approximate surface area is 96.4 Å². The van der Waals surface area contributed by atoms with Crippen LogP contribution in [0.2, 0.25) is 0 Å². The minimum Gasteiger partial charge on any atom is -0.252 e. The van der Waals surface area contributed by atoms with Crippen molar-refractivity contribution in [2.24, 2.45) is 0 Å². The lowest BCUT2D eigenvalue weighted by Gasteiger charge is -2.25. The number of unbranched alkanes of at least 4 members (excludes halogenated alkanes) is 2. The maximum Gasteiger partial charge on any atom is 0.183 e. The normalized spacial score (nSPS) is 12.4. The average Bonchev–Trinajstić information content (AvgIpc) is 2.02. The zero-order valence-electron chi connectivity index (χ0n) is 8.30. The first-order valence-electron chi connectivity index (χ1n) is 4.77. The molecule has 5 heteroatoms. The van der Waals surface area contributed by atoms with E-state index in [4.69, 9.17) is 34.3 Å². The van der Waals surface area contributed by atoms with Gasteiger partial charge in [0.2, 0.25) is 0 Å². The molecular weight excluding hydrogens is 244 g/mol. The van der Waals surface area contributed by atoms with Gasteiger partial charge in [-0.2, -0.15) is 0 Å². The Hall–Kier alpha value is 1.19. The van der Waals surface area contributed by atoms with E-state index >= 15 is 0 Å². The van der Waals surface area contributed by atoms with E-state index in [1.54, 1.807) is 0 Å². The number of hydrogen-bond acceptors (Lipinski definition) is 1. The summed E-state index contributed by atoms with van der Waals surface area (Å²) in [7, 11) is 0. The predicted molar refractivity (Wildman–Crippen MR) is 67.4 cm³/mol. The van der Waals surface area contributed by atoms with E-state index < -0.39 is 4.89 Å². The van der Waals surface area contributed by atoms with Crippen LogP contribution in [0.5, 0.6) is 0 Å². The van der Waals surface area contributed by atoms with Crippen molar-refractivity contribution in [3.05, 3.63) is 0 Å². The minimum atomic E-state index is -2.22. The highest BCUT2D eigenvalue weighted by Crippen LogP contribution is 2.60. The second-order valence-corrected chi connectivity index (χ2v) is 10.8. The summed E-state index contributed by atoms with van der Waals surface area (Å²) in [6.07, 6.45) is 4.57. The van der Waals surface area contributed by atoms with Crippen LogP contribution in [0.1, 0.15) is 39.5 Å². The van der Waals surface area contributed by atoms with Gasteiger partial charge >= 0.3 is 0 Å². The van der Waals surface area contributed by atoms with Crippen molar-refractivity contribution in [3.63, 3.8) is 0 Å². The fourth-order valence-corrected chi connectivity index (χ4v) is 3.17. The van der Waals surface area contributed by atoms with Crippen molar-refractivity contribution in [1.82, 2.24) is 4.67 Å². The van der Waals surface area contributed by atoms with Gasteiger partial charge in [-0.05, 0) is 24.6 Å². The summed E-state index contributed by atoms with van der Waals surface area (Å²) in [4.78, 5) is -2.22. The lowest BCUT2D eigenvalue weighted by atomic mass is 10.3. The largest absolute Gasteiger partial charge is 0.252 e. The van der Waals surface area contributed by atoms with Crippen LogP contribution in [0.3, 0.4) is 0 Å². The Kier molecular flexibility index (Phi) is 8.16. The highest BCUT2D eigenvalue weighted by molar-refractivity contribution is 8.37. The fourth-order valence-electron chi connectivity index (χ4n) is 1.03. The molecule has 0 aromatic rings. The Morgan fingerprint density at radius 3 is 1.69 bits per heavy atom. The molecule has 80 valence electrons. The van der Waals surface area contributed by atoms with E-state index in [9.17, 15) is 0 Å². The molecule has 0 aliphatic rings. The van der Waals surface area contributed by atoms with E-state index in [0.717, 1.165) is 38.8 Å². The SMILES string of the molecule is CCCCN(CCCC)P(=S)(Cl)Cl. The van der Waals surface area contributed by atoms with Crippen LogP contribution in [0.15, 0.2) is 0 Å². The third-order valence-electron chi connectivity index (χ3n) is 1.87. The summed E-state index contributed by atoms with van der Waals surface area (Å²) in [5.74, 6) is 0. The summed E-state index contributed by atoms with van der Waals surface area (Å²) in [6.45, 7) is 6.20. The number of rotatable bonds is 7. The summed E-state index contributed by atoms with van der Waals surface area (Å²) >= 11 is 17.1. The molecule has 0 heterocycles. The van der Waals surface area contributed by atoms with E-state index in [0.29, 0.717) is 0 Å². The lowest BCUT2D eigenvalue weighted by Crippen LogP contribution is -2.19. The molecule has 0 N–H and O–H groups in total. The monoisotopic (exact) mass is 261 g/mol. The lowest BCUT2D eigenvalue weighted by molar-refractivity contribution is 0.438. The topological polar surface area (TPSA) is 3.24 Å². The molecule has 0 fully saturated rings. The van der Waals surface area contributed by atoms with Crippen molar-refractivity contribution >= 4 is 39.2 Å². The average molecular weight is 262 g/mol. The molecule has 13 heavy (non-hydrogen) atoms. The molecule has 0 aromatic carbocycles. The van der Waals surface area contributed by atoms with Crippen molar-refractivity contribution in [2.75, 3.05) is 13.1 Å². The molecule has 0 radical (unpaired) electrons. The number of hydrogen-bond donors (Lipinski definition) is 0. The van der Waals surface area contributed by atoms with Gasteiger partial charge in [-0.3, -0.25) is 4.67 Å². The van der Waals surface area contributed by atoms with Crippen LogP contribution in [-0.4, -0.2) is 17.8 Å². The highest BCUT2D eigenvalue weighted by Gasteiger charge is 2.18. The van der Waals surface area contributed by atoms with Crippen molar-refractivity contribution in [2.45, 2.75) is 39.5 Å². The van der Waals surface area contributed by atoms with Crippen LogP contribution in [0.4, 0.5) is 0 Å². The Balaban J connectivity index is 3.96. The highest BCUT2D eigenvalue weighted by atomic mass is 35.9. The molecule has 0 bridgehead atoms. The molecule has 0 atom stereocenters. The van der Waals surface area contributed by atoms with Crippen molar-refractivity contribution in [3.8, 4) is 0 Å². The van der Waals surface area contributed by atoms with Crippen LogP contribution >= 0.6 is 27.4 Å². The molecule has 0 aliphatic carbocycles. The van der Waals surface area contributed by atoms with E-state index in [1.807, 2.05) is 0 Å². The standard InChI is InChI=1S/C8H18Cl2NPS/c1-3-5-7-11(8-6-4-2)12(9,10)13/h3-8H2,1-2H3.